The van der Waals surface area contributed by atoms with Crippen LogP contribution < -0.4 is 5.32 Å². The minimum atomic E-state index is -0.826. The van der Waals surface area contributed by atoms with Crippen LogP contribution in [0.4, 0.5) is 0 Å². The van der Waals surface area contributed by atoms with Crippen LogP contribution in [0.25, 0.3) is 0 Å². The fraction of sp³-hybridized carbons (Fsp3) is 0.765. The third-order valence-electron chi connectivity index (χ3n) is 4.94. The van der Waals surface area contributed by atoms with Crippen LogP contribution in [-0.4, -0.2) is 23.0 Å². The normalized spacial score (nSPS) is 31.3. The minimum absolute atomic E-state index is 0.0449. The van der Waals surface area contributed by atoms with Crippen molar-refractivity contribution in [2.24, 2.45) is 23.7 Å². The Labute approximate surface area is 127 Å². The molecule has 0 radical (unpaired) electrons. The Morgan fingerprint density at radius 1 is 1.14 bits per heavy atom. The average molecular weight is 293 g/mol. The Hall–Kier alpha value is -1.32. The molecule has 0 spiro atoms. The van der Waals surface area contributed by atoms with E-state index in [1.165, 1.54) is 0 Å². The highest BCUT2D eigenvalue weighted by molar-refractivity contribution is 5.87. The number of fused-ring (bicyclic) bond motifs is 2. The van der Waals surface area contributed by atoms with Gasteiger partial charge in [-0.25, -0.2) is 0 Å². The molecule has 1 fully saturated rings. The molecule has 2 rings (SSSR count). The van der Waals surface area contributed by atoms with Gasteiger partial charge in [0.1, 0.15) is 0 Å². The molecule has 118 valence electrons. The van der Waals surface area contributed by atoms with Crippen LogP contribution in [0.3, 0.4) is 0 Å². The van der Waals surface area contributed by atoms with Gasteiger partial charge in [-0.2, -0.15) is 0 Å². The molecular formula is C17H27NO3. The maximum absolute atomic E-state index is 12.6. The molecule has 2 aliphatic rings. The molecule has 1 amide bonds. The minimum Gasteiger partial charge on any atom is -0.481 e. The van der Waals surface area contributed by atoms with E-state index in [1.807, 2.05) is 12.2 Å². The van der Waals surface area contributed by atoms with Gasteiger partial charge < -0.3 is 10.4 Å². The summed E-state index contributed by atoms with van der Waals surface area (Å²) in [5, 5.41) is 12.5. The van der Waals surface area contributed by atoms with E-state index in [9.17, 15) is 14.7 Å². The molecule has 5 atom stereocenters. The first-order chi connectivity index (χ1) is 10.1. The fourth-order valence-corrected chi connectivity index (χ4v) is 3.90. The lowest BCUT2D eigenvalue weighted by atomic mass is 9.82. The number of carbonyl (C=O) groups excluding carboxylic acids is 1. The van der Waals surface area contributed by atoms with Crippen molar-refractivity contribution in [3.8, 4) is 0 Å². The Kier molecular flexibility index (Phi) is 5.43. The predicted octanol–water partition coefficient (Wildman–Crippen LogP) is 2.98. The van der Waals surface area contributed by atoms with E-state index in [4.69, 9.17) is 0 Å². The molecule has 4 nitrogen and oxygen atoms in total. The zero-order valence-corrected chi connectivity index (χ0v) is 13.0. The van der Waals surface area contributed by atoms with Crippen LogP contribution in [0.1, 0.15) is 52.4 Å². The van der Waals surface area contributed by atoms with E-state index in [-0.39, 0.29) is 29.7 Å². The topological polar surface area (TPSA) is 66.4 Å². The number of carbonyl (C=O) groups is 2. The summed E-state index contributed by atoms with van der Waals surface area (Å²) in [6.07, 6.45) is 10.1. The van der Waals surface area contributed by atoms with Crippen LogP contribution in [-0.2, 0) is 9.59 Å². The summed E-state index contributed by atoms with van der Waals surface area (Å²) in [6, 6.07) is 0.194. The summed E-state index contributed by atoms with van der Waals surface area (Å²) in [7, 11) is 0. The molecular weight excluding hydrogens is 266 g/mol. The van der Waals surface area contributed by atoms with Crippen LogP contribution in [0, 0.1) is 23.7 Å². The third kappa shape index (κ3) is 3.47. The van der Waals surface area contributed by atoms with Gasteiger partial charge in [-0.3, -0.25) is 9.59 Å². The quantitative estimate of drug-likeness (QED) is 0.676. The summed E-state index contributed by atoms with van der Waals surface area (Å²) < 4.78 is 0. The summed E-state index contributed by atoms with van der Waals surface area (Å²) >= 11 is 0. The van der Waals surface area contributed by atoms with Gasteiger partial charge in [0, 0.05) is 6.04 Å². The van der Waals surface area contributed by atoms with Gasteiger partial charge in [-0.05, 0) is 31.1 Å². The lowest BCUT2D eigenvalue weighted by molar-refractivity contribution is -0.148. The number of allylic oxidation sites excluding steroid dienone is 2. The van der Waals surface area contributed by atoms with E-state index >= 15 is 0 Å². The van der Waals surface area contributed by atoms with Gasteiger partial charge >= 0.3 is 5.97 Å². The number of hydrogen-bond acceptors (Lipinski definition) is 2. The van der Waals surface area contributed by atoms with Gasteiger partial charge in [0.05, 0.1) is 11.8 Å². The molecule has 0 aromatic rings. The SMILES string of the molecule is CCCCC(CCC)NC(=O)[C@H]1C2C=CC(C2)[C@H]1C(=O)O. The third-order valence-corrected chi connectivity index (χ3v) is 4.94. The predicted molar refractivity (Wildman–Crippen MR) is 81.7 cm³/mol. The van der Waals surface area contributed by atoms with E-state index in [1.54, 1.807) is 0 Å². The smallest absolute Gasteiger partial charge is 0.307 e. The van der Waals surface area contributed by atoms with Crippen molar-refractivity contribution in [2.75, 3.05) is 0 Å². The molecule has 0 aromatic heterocycles. The van der Waals surface area contributed by atoms with E-state index in [0.29, 0.717) is 0 Å². The maximum atomic E-state index is 12.6. The van der Waals surface area contributed by atoms with Crippen molar-refractivity contribution in [3.63, 3.8) is 0 Å². The first-order valence-corrected chi connectivity index (χ1v) is 8.30. The molecule has 21 heavy (non-hydrogen) atoms. The number of carboxylic acid groups (broad SMARTS) is 1. The zero-order chi connectivity index (χ0) is 15.4. The lowest BCUT2D eigenvalue weighted by Crippen LogP contribution is -2.44. The zero-order valence-electron chi connectivity index (χ0n) is 13.0. The molecule has 0 heterocycles. The number of hydrogen-bond donors (Lipinski definition) is 2. The molecule has 2 N–H and O–H groups in total. The highest BCUT2D eigenvalue weighted by Gasteiger charge is 2.51. The fourth-order valence-electron chi connectivity index (χ4n) is 3.90. The maximum Gasteiger partial charge on any atom is 0.307 e. The van der Waals surface area contributed by atoms with Gasteiger partial charge in [0.2, 0.25) is 5.91 Å². The second-order valence-corrected chi connectivity index (χ2v) is 6.47. The van der Waals surface area contributed by atoms with E-state index < -0.39 is 11.9 Å². The van der Waals surface area contributed by atoms with Crippen molar-refractivity contribution in [2.45, 2.75) is 58.4 Å². The largest absolute Gasteiger partial charge is 0.481 e. The summed E-state index contributed by atoms with van der Waals surface area (Å²) in [4.78, 5) is 24.1. The molecule has 0 saturated heterocycles. The Bertz CT molecular complexity index is 418. The number of carboxylic acids is 1. The van der Waals surface area contributed by atoms with E-state index in [2.05, 4.69) is 19.2 Å². The molecule has 3 unspecified atom stereocenters. The standard InChI is InChI=1S/C17H27NO3/c1-3-5-7-13(6-4-2)18-16(19)14-11-8-9-12(10-11)15(14)17(20)21/h8-9,11-15H,3-7,10H2,1-2H3,(H,18,19)(H,20,21)/t11?,12?,13?,14-,15+/m0/s1. The second kappa shape index (κ2) is 7.10. The highest BCUT2D eigenvalue weighted by Crippen LogP contribution is 2.48. The van der Waals surface area contributed by atoms with Crippen LogP contribution in [0.5, 0.6) is 0 Å². The Balaban J connectivity index is 2.01. The van der Waals surface area contributed by atoms with Crippen molar-refractivity contribution in [1.82, 2.24) is 5.32 Å². The number of nitrogens with one attached hydrogen (secondary N) is 1. The second-order valence-electron chi connectivity index (χ2n) is 6.47. The van der Waals surface area contributed by atoms with Crippen LogP contribution in [0.15, 0.2) is 12.2 Å². The average Bonchev–Trinajstić information content (AvgIpc) is 3.05. The number of rotatable bonds is 8. The van der Waals surface area contributed by atoms with Crippen molar-refractivity contribution < 1.29 is 14.7 Å². The summed E-state index contributed by atoms with van der Waals surface area (Å²) in [5.74, 6) is -1.62. The highest BCUT2D eigenvalue weighted by atomic mass is 16.4. The molecule has 0 aliphatic heterocycles. The van der Waals surface area contributed by atoms with Gasteiger partial charge in [-0.1, -0.05) is 45.3 Å². The van der Waals surface area contributed by atoms with Gasteiger partial charge in [-0.15, -0.1) is 0 Å². The van der Waals surface area contributed by atoms with Crippen molar-refractivity contribution >= 4 is 11.9 Å². The summed E-state index contributed by atoms with van der Waals surface area (Å²) in [6.45, 7) is 4.26. The van der Waals surface area contributed by atoms with Gasteiger partial charge in [0.25, 0.3) is 0 Å². The van der Waals surface area contributed by atoms with Crippen LogP contribution in [0.2, 0.25) is 0 Å². The molecule has 0 aromatic carbocycles. The first-order valence-electron chi connectivity index (χ1n) is 8.30. The van der Waals surface area contributed by atoms with Crippen molar-refractivity contribution in [1.29, 1.82) is 0 Å². The number of aliphatic carboxylic acids is 1. The molecule has 4 heteroatoms. The number of amides is 1. The Morgan fingerprint density at radius 3 is 2.38 bits per heavy atom. The number of unbranched alkanes of at least 4 members (excludes halogenated alkanes) is 1. The molecule has 1 saturated carbocycles. The van der Waals surface area contributed by atoms with E-state index in [0.717, 1.165) is 38.5 Å². The Morgan fingerprint density at radius 2 is 1.81 bits per heavy atom. The summed E-state index contributed by atoms with van der Waals surface area (Å²) in [5.41, 5.74) is 0. The first kappa shape index (κ1) is 16.1. The van der Waals surface area contributed by atoms with Crippen molar-refractivity contribution in [3.05, 3.63) is 12.2 Å². The molecule has 2 bridgehead atoms. The van der Waals surface area contributed by atoms with Gasteiger partial charge in [0.15, 0.2) is 0 Å². The van der Waals surface area contributed by atoms with Crippen LogP contribution >= 0.6 is 0 Å². The molecule has 2 aliphatic carbocycles. The monoisotopic (exact) mass is 293 g/mol. The lowest BCUT2D eigenvalue weighted by Gasteiger charge is -2.27.